The van der Waals surface area contributed by atoms with Crippen molar-refractivity contribution in [3.8, 4) is 17.2 Å². The summed E-state index contributed by atoms with van der Waals surface area (Å²) < 4.78 is 18.9. The number of ether oxygens (including phenoxy) is 3. The van der Waals surface area contributed by atoms with E-state index in [9.17, 15) is 9.59 Å². The summed E-state index contributed by atoms with van der Waals surface area (Å²) in [6.07, 6.45) is 1.43. The van der Waals surface area contributed by atoms with Gasteiger partial charge < -0.3 is 19.2 Å². The van der Waals surface area contributed by atoms with E-state index in [-0.39, 0.29) is 6.79 Å². The molecule has 0 amide bonds. The zero-order chi connectivity index (χ0) is 22.9. The maximum Gasteiger partial charge on any atom is 0.349 e. The van der Waals surface area contributed by atoms with Gasteiger partial charge in [0.1, 0.15) is 12.4 Å². The van der Waals surface area contributed by atoms with Crippen LogP contribution in [0.4, 0.5) is 0 Å². The van der Waals surface area contributed by atoms with Crippen molar-refractivity contribution in [2.75, 3.05) is 6.79 Å². The van der Waals surface area contributed by atoms with Crippen molar-refractivity contribution in [1.82, 2.24) is 9.66 Å². The summed E-state index contributed by atoms with van der Waals surface area (Å²) in [4.78, 5) is 27.6. The Morgan fingerprint density at radius 2 is 1.79 bits per heavy atom. The van der Waals surface area contributed by atoms with Crippen molar-refractivity contribution in [3.05, 3.63) is 95.5 Å². The van der Waals surface area contributed by atoms with Gasteiger partial charge in [-0.3, -0.25) is 4.79 Å². The third-order valence-corrected chi connectivity index (χ3v) is 6.12. The Morgan fingerprint density at radius 1 is 1.03 bits per heavy atom. The first-order valence-corrected chi connectivity index (χ1v) is 11.4. The molecule has 0 saturated carbocycles. The Hall–Kier alpha value is -3.37. The molecule has 1 aliphatic heterocycles. The van der Waals surface area contributed by atoms with Gasteiger partial charge in [-0.05, 0) is 79.4 Å². The van der Waals surface area contributed by atoms with E-state index in [2.05, 4.69) is 41.9 Å². The minimum atomic E-state index is -0.614. The van der Waals surface area contributed by atoms with Crippen LogP contribution in [0.2, 0.25) is 0 Å². The highest BCUT2D eigenvalue weighted by molar-refractivity contribution is 9.11. The van der Waals surface area contributed by atoms with Crippen LogP contribution in [-0.2, 0) is 6.61 Å². The molecule has 2 heterocycles. The van der Waals surface area contributed by atoms with Gasteiger partial charge in [0.25, 0.3) is 5.56 Å². The highest BCUT2D eigenvalue weighted by atomic mass is 79.9. The first-order valence-electron chi connectivity index (χ1n) is 9.78. The Bertz CT molecular complexity index is 1500. The maximum absolute atomic E-state index is 12.6. The maximum atomic E-state index is 12.6. The Balaban J connectivity index is 1.38. The first kappa shape index (κ1) is 21.5. The number of halogens is 2. The molecule has 8 nitrogen and oxygen atoms in total. The van der Waals surface area contributed by atoms with Crippen molar-refractivity contribution >= 4 is 49.0 Å². The quantitative estimate of drug-likeness (QED) is 0.358. The lowest BCUT2D eigenvalue weighted by atomic mass is 10.2. The number of rotatable bonds is 5. The van der Waals surface area contributed by atoms with Crippen molar-refractivity contribution in [2.24, 2.45) is 5.10 Å². The van der Waals surface area contributed by atoms with Gasteiger partial charge in [0.2, 0.25) is 6.79 Å². The molecule has 1 aliphatic rings. The molecular formula is C23H15Br2N3O5. The molecule has 1 aromatic heterocycles. The number of nitrogens with one attached hydrogen (secondary N) is 1. The van der Waals surface area contributed by atoms with E-state index in [4.69, 9.17) is 14.2 Å². The molecule has 0 bridgehead atoms. The second-order valence-corrected chi connectivity index (χ2v) is 8.84. The average molecular weight is 573 g/mol. The van der Waals surface area contributed by atoms with Crippen LogP contribution in [0.25, 0.3) is 10.9 Å². The summed E-state index contributed by atoms with van der Waals surface area (Å²) >= 11 is 7.02. The van der Waals surface area contributed by atoms with Crippen LogP contribution >= 0.6 is 31.9 Å². The van der Waals surface area contributed by atoms with Gasteiger partial charge in [-0.1, -0.05) is 18.2 Å². The Morgan fingerprint density at radius 3 is 2.61 bits per heavy atom. The number of nitrogens with zero attached hydrogens (tertiary/aromatic N) is 2. The number of H-pyrrole nitrogens is 1. The second-order valence-electron chi connectivity index (χ2n) is 7.13. The number of aromatic amines is 1. The molecule has 10 heteroatoms. The number of fused-ring (bicyclic) bond motifs is 2. The number of benzene rings is 3. The van der Waals surface area contributed by atoms with Crippen molar-refractivity contribution < 1.29 is 14.2 Å². The molecule has 5 rings (SSSR count). The van der Waals surface area contributed by atoms with Crippen LogP contribution < -0.4 is 25.5 Å². The van der Waals surface area contributed by atoms with E-state index in [1.165, 1.54) is 6.21 Å². The van der Waals surface area contributed by atoms with Gasteiger partial charge in [0.05, 0.1) is 26.1 Å². The molecule has 0 radical (unpaired) electrons. The van der Waals surface area contributed by atoms with E-state index in [0.717, 1.165) is 10.2 Å². The summed E-state index contributed by atoms with van der Waals surface area (Å²) in [5.74, 6) is 2.01. The van der Waals surface area contributed by atoms with Crippen molar-refractivity contribution in [3.63, 3.8) is 0 Å². The minimum Gasteiger partial charge on any atom is -0.487 e. The highest BCUT2D eigenvalue weighted by Gasteiger charge is 2.14. The smallest absolute Gasteiger partial charge is 0.349 e. The monoisotopic (exact) mass is 571 g/mol. The summed E-state index contributed by atoms with van der Waals surface area (Å²) in [6.45, 7) is 0.542. The van der Waals surface area contributed by atoms with Gasteiger partial charge in [0.15, 0.2) is 11.5 Å². The minimum absolute atomic E-state index is 0.219. The summed E-state index contributed by atoms with van der Waals surface area (Å²) in [7, 11) is 0. The van der Waals surface area contributed by atoms with Gasteiger partial charge in [-0.25, -0.2) is 4.79 Å². The number of hydrogen-bond donors (Lipinski definition) is 1. The van der Waals surface area contributed by atoms with E-state index in [1.54, 1.807) is 36.4 Å². The predicted molar refractivity (Wildman–Crippen MR) is 131 cm³/mol. The molecule has 3 aromatic carbocycles. The third kappa shape index (κ3) is 4.31. The van der Waals surface area contributed by atoms with Crippen LogP contribution in [0.5, 0.6) is 17.2 Å². The van der Waals surface area contributed by atoms with Crippen LogP contribution in [0.15, 0.2) is 78.2 Å². The zero-order valence-electron chi connectivity index (χ0n) is 16.9. The fraction of sp³-hybridized carbons (Fsp3) is 0.0870. The molecule has 4 aromatic rings. The Labute approximate surface area is 203 Å². The van der Waals surface area contributed by atoms with E-state index in [0.29, 0.717) is 49.3 Å². The van der Waals surface area contributed by atoms with Crippen LogP contribution in [0, 0.1) is 0 Å². The van der Waals surface area contributed by atoms with Gasteiger partial charge in [-0.15, -0.1) is 4.68 Å². The molecule has 1 N–H and O–H groups in total. The molecular weight excluding hydrogens is 558 g/mol. The van der Waals surface area contributed by atoms with Gasteiger partial charge in [0, 0.05) is 0 Å². The van der Waals surface area contributed by atoms with Crippen LogP contribution in [-0.4, -0.2) is 22.7 Å². The molecule has 33 heavy (non-hydrogen) atoms. The molecule has 166 valence electrons. The summed E-state index contributed by atoms with van der Waals surface area (Å²) in [5.41, 5.74) is 0.944. The normalized spacial score (nSPS) is 12.5. The summed E-state index contributed by atoms with van der Waals surface area (Å²) in [5, 5.41) is 4.47. The van der Waals surface area contributed by atoms with E-state index < -0.39 is 11.2 Å². The number of aromatic nitrogens is 2. The largest absolute Gasteiger partial charge is 0.487 e. The SMILES string of the molecule is O=c1[nH]c2ccccc2c(=O)n1N=Cc1cc(Br)c(OCc2ccc3c(c2)OCO3)c(Br)c1. The topological polar surface area (TPSA) is 94.9 Å². The first-order chi connectivity index (χ1) is 16.0. The fourth-order valence-electron chi connectivity index (χ4n) is 3.36. The van der Waals surface area contributed by atoms with Gasteiger partial charge >= 0.3 is 5.69 Å². The second kappa shape index (κ2) is 8.87. The molecule has 0 aliphatic carbocycles. The van der Waals surface area contributed by atoms with Crippen LogP contribution in [0.3, 0.4) is 0 Å². The lowest BCUT2D eigenvalue weighted by Crippen LogP contribution is -2.32. The Kier molecular flexibility index (Phi) is 5.77. The van der Waals surface area contributed by atoms with Crippen LogP contribution in [0.1, 0.15) is 11.1 Å². The average Bonchev–Trinajstić information content (AvgIpc) is 3.26. The third-order valence-electron chi connectivity index (χ3n) is 4.95. The van der Waals surface area contributed by atoms with Gasteiger partial charge in [-0.2, -0.15) is 5.10 Å². The summed E-state index contributed by atoms with van der Waals surface area (Å²) in [6, 6.07) is 16.0. The molecule has 0 fully saturated rings. The highest BCUT2D eigenvalue weighted by Crippen LogP contribution is 2.36. The number of hydrogen-bond acceptors (Lipinski definition) is 6. The van der Waals surface area contributed by atoms with E-state index >= 15 is 0 Å². The standard InChI is InChI=1S/C23H15Br2N3O5/c24-16-7-14(10-26-28-22(29)15-3-1-2-4-18(15)27-23(28)30)8-17(25)21(16)31-11-13-5-6-19-20(9-13)33-12-32-19/h1-10H,11-12H2,(H,27,30). The predicted octanol–water partition coefficient (Wildman–Crippen LogP) is 4.40. The molecule has 0 unspecified atom stereocenters. The molecule has 0 saturated heterocycles. The molecule has 0 spiro atoms. The molecule has 0 atom stereocenters. The zero-order valence-corrected chi connectivity index (χ0v) is 20.1. The lowest BCUT2D eigenvalue weighted by Gasteiger charge is -2.12. The number of para-hydroxylation sites is 1. The van der Waals surface area contributed by atoms with Crippen molar-refractivity contribution in [1.29, 1.82) is 0 Å². The van der Waals surface area contributed by atoms with Crippen molar-refractivity contribution in [2.45, 2.75) is 6.61 Å². The lowest BCUT2D eigenvalue weighted by molar-refractivity contribution is 0.174. The fourth-order valence-corrected chi connectivity index (χ4v) is 4.81. The van der Waals surface area contributed by atoms with E-state index in [1.807, 2.05) is 18.2 Å².